The van der Waals surface area contributed by atoms with Gasteiger partial charge in [0.1, 0.15) is 11.4 Å². The predicted octanol–water partition coefficient (Wildman–Crippen LogP) is 4.55. The topological polar surface area (TPSA) is 131 Å². The predicted molar refractivity (Wildman–Crippen MR) is 142 cm³/mol. The van der Waals surface area contributed by atoms with E-state index in [4.69, 9.17) is 9.72 Å². The van der Waals surface area contributed by atoms with Crippen LogP contribution < -0.4 is 15.4 Å². The third-order valence-corrected chi connectivity index (χ3v) is 6.99. The number of carbonyl (C=O) groups is 2. The number of aromatic nitrogens is 4. The van der Waals surface area contributed by atoms with Crippen molar-refractivity contribution in [3.05, 3.63) is 59.4 Å². The van der Waals surface area contributed by atoms with Crippen molar-refractivity contribution in [1.82, 2.24) is 30.6 Å². The van der Waals surface area contributed by atoms with Gasteiger partial charge in [-0.3, -0.25) is 4.79 Å². The number of amides is 2. The number of aliphatic carboxylic acids is 1. The van der Waals surface area contributed by atoms with Crippen molar-refractivity contribution in [2.24, 2.45) is 13.0 Å². The first-order valence-electron chi connectivity index (χ1n) is 13.2. The van der Waals surface area contributed by atoms with Gasteiger partial charge < -0.3 is 20.5 Å². The summed E-state index contributed by atoms with van der Waals surface area (Å²) in [5.74, 6) is -0.490. The van der Waals surface area contributed by atoms with Crippen molar-refractivity contribution in [3.63, 3.8) is 0 Å². The van der Waals surface area contributed by atoms with Crippen LogP contribution in [0.25, 0.3) is 11.4 Å². The number of aryl methyl sites for hydroxylation is 2. The monoisotopic (exact) mass is 520 g/mol. The van der Waals surface area contributed by atoms with Gasteiger partial charge in [-0.1, -0.05) is 48.9 Å². The smallest absolute Gasteiger partial charge is 0.315 e. The molecule has 0 aliphatic heterocycles. The molecule has 1 aliphatic rings. The Kier molecular flexibility index (Phi) is 8.93. The van der Waals surface area contributed by atoms with Crippen LogP contribution >= 0.6 is 0 Å². The first-order chi connectivity index (χ1) is 18.4. The Morgan fingerprint density at radius 1 is 1.18 bits per heavy atom. The number of rotatable bonds is 10. The van der Waals surface area contributed by atoms with Crippen molar-refractivity contribution in [3.8, 4) is 17.1 Å². The number of nitrogens with zero attached hydrogens (tertiary/aromatic N) is 4. The van der Waals surface area contributed by atoms with Crippen LogP contribution in [-0.4, -0.2) is 43.2 Å². The molecule has 1 aromatic carbocycles. The molecule has 1 aliphatic carbocycles. The van der Waals surface area contributed by atoms with E-state index in [1.807, 2.05) is 49.4 Å². The zero-order valence-corrected chi connectivity index (χ0v) is 22.2. The molecule has 1 saturated carbocycles. The van der Waals surface area contributed by atoms with E-state index in [-0.39, 0.29) is 30.6 Å². The van der Waals surface area contributed by atoms with Gasteiger partial charge in [0.15, 0.2) is 0 Å². The summed E-state index contributed by atoms with van der Waals surface area (Å²) < 4.78 is 7.76. The molecule has 10 nitrogen and oxygen atoms in total. The van der Waals surface area contributed by atoms with E-state index in [0.29, 0.717) is 35.7 Å². The van der Waals surface area contributed by atoms with Crippen LogP contribution in [0.15, 0.2) is 42.5 Å². The first-order valence-corrected chi connectivity index (χ1v) is 13.2. The Balaban J connectivity index is 1.41. The lowest BCUT2D eigenvalue weighted by molar-refractivity contribution is -0.143. The lowest BCUT2D eigenvalue weighted by Crippen LogP contribution is -2.38. The SMILES string of the molecule is CCCC(NC(=O)NCc1c(-c2ccc(O[C@H]3CCC[C@H](C(=O)O)C3)c(C)n2)nnn1C)c1ccccc1. The molecular weight excluding hydrogens is 484 g/mol. The highest BCUT2D eigenvalue weighted by atomic mass is 16.5. The summed E-state index contributed by atoms with van der Waals surface area (Å²) in [4.78, 5) is 28.8. The van der Waals surface area contributed by atoms with Crippen molar-refractivity contribution >= 4 is 12.0 Å². The molecule has 3 aromatic rings. The summed E-state index contributed by atoms with van der Waals surface area (Å²) in [6, 6.07) is 13.3. The molecule has 202 valence electrons. The van der Waals surface area contributed by atoms with E-state index in [1.54, 1.807) is 11.7 Å². The van der Waals surface area contributed by atoms with E-state index < -0.39 is 5.97 Å². The van der Waals surface area contributed by atoms with Crippen LogP contribution in [0.1, 0.15) is 68.4 Å². The van der Waals surface area contributed by atoms with Crippen LogP contribution in [0.5, 0.6) is 5.75 Å². The van der Waals surface area contributed by atoms with Crippen LogP contribution in [-0.2, 0) is 18.4 Å². The Labute approximate surface area is 222 Å². The highest BCUT2D eigenvalue weighted by Gasteiger charge is 2.28. The maximum absolute atomic E-state index is 12.8. The molecule has 1 unspecified atom stereocenters. The van der Waals surface area contributed by atoms with E-state index in [1.165, 1.54) is 0 Å². The van der Waals surface area contributed by atoms with Gasteiger partial charge in [-0.25, -0.2) is 14.5 Å². The fraction of sp³-hybridized carbons (Fsp3) is 0.464. The zero-order chi connectivity index (χ0) is 27.1. The Morgan fingerprint density at radius 2 is 1.97 bits per heavy atom. The molecule has 0 bridgehead atoms. The van der Waals surface area contributed by atoms with Gasteiger partial charge in [-0.05, 0) is 56.7 Å². The van der Waals surface area contributed by atoms with E-state index in [0.717, 1.165) is 36.9 Å². The van der Waals surface area contributed by atoms with Gasteiger partial charge in [-0.2, -0.15) is 0 Å². The van der Waals surface area contributed by atoms with Gasteiger partial charge in [0, 0.05) is 7.05 Å². The molecule has 2 heterocycles. The van der Waals surface area contributed by atoms with Crippen LogP contribution in [0.2, 0.25) is 0 Å². The molecule has 10 heteroatoms. The molecule has 3 N–H and O–H groups in total. The molecule has 4 rings (SSSR count). The summed E-state index contributed by atoms with van der Waals surface area (Å²) in [6.07, 6.45) is 4.50. The zero-order valence-electron chi connectivity index (χ0n) is 22.2. The molecule has 0 saturated heterocycles. The Hall–Kier alpha value is -3.95. The quantitative estimate of drug-likeness (QED) is 0.357. The van der Waals surface area contributed by atoms with Crippen LogP contribution in [0.3, 0.4) is 0 Å². The second-order valence-electron chi connectivity index (χ2n) is 9.81. The maximum Gasteiger partial charge on any atom is 0.315 e. The summed E-state index contributed by atoms with van der Waals surface area (Å²) in [7, 11) is 1.78. The molecule has 2 amide bonds. The summed E-state index contributed by atoms with van der Waals surface area (Å²) in [6.45, 7) is 4.18. The number of carboxylic acids is 1. The van der Waals surface area contributed by atoms with Crippen molar-refractivity contribution in [1.29, 1.82) is 0 Å². The Morgan fingerprint density at radius 3 is 2.68 bits per heavy atom. The van der Waals surface area contributed by atoms with E-state index >= 15 is 0 Å². The number of carboxylic acid groups (broad SMARTS) is 1. The van der Waals surface area contributed by atoms with Crippen LogP contribution in [0.4, 0.5) is 4.79 Å². The fourth-order valence-corrected chi connectivity index (χ4v) is 4.90. The number of nitrogens with one attached hydrogen (secondary N) is 2. The minimum atomic E-state index is -0.762. The van der Waals surface area contributed by atoms with Gasteiger partial charge in [-0.15, -0.1) is 5.10 Å². The van der Waals surface area contributed by atoms with Crippen LogP contribution in [0, 0.1) is 12.8 Å². The largest absolute Gasteiger partial charge is 0.489 e. The molecule has 1 fully saturated rings. The van der Waals surface area contributed by atoms with Gasteiger partial charge in [0.25, 0.3) is 0 Å². The lowest BCUT2D eigenvalue weighted by Gasteiger charge is -2.27. The highest BCUT2D eigenvalue weighted by Crippen LogP contribution is 2.30. The molecule has 3 atom stereocenters. The standard InChI is InChI=1S/C28H36N6O4/c1-4-9-22(19-10-6-5-7-11-19)31-28(37)29-17-24-26(32-33-34(24)3)23-14-15-25(18(2)30-23)38-21-13-8-12-20(16-21)27(35)36/h5-7,10-11,14-15,20-22H,4,8-9,12-13,16-17H2,1-3H3,(H,35,36)(H2,29,31,37)/t20-,21-,22?/m0/s1. The average Bonchev–Trinajstić information content (AvgIpc) is 3.29. The number of urea groups is 1. The normalized spacial score (nSPS) is 18.0. The summed E-state index contributed by atoms with van der Waals surface area (Å²) in [5.41, 5.74) is 3.69. The van der Waals surface area contributed by atoms with Gasteiger partial charge >= 0.3 is 12.0 Å². The van der Waals surface area contributed by atoms with Crippen molar-refractivity contribution in [2.75, 3.05) is 0 Å². The van der Waals surface area contributed by atoms with E-state index in [2.05, 4.69) is 27.9 Å². The number of carbonyl (C=O) groups excluding carboxylic acids is 1. The van der Waals surface area contributed by atoms with Gasteiger partial charge in [0.2, 0.25) is 0 Å². The number of hydrogen-bond acceptors (Lipinski definition) is 6. The molecular formula is C28H36N6O4. The minimum Gasteiger partial charge on any atom is -0.489 e. The van der Waals surface area contributed by atoms with E-state index in [9.17, 15) is 14.7 Å². The van der Waals surface area contributed by atoms with Gasteiger partial charge in [0.05, 0.1) is 41.7 Å². The average molecular weight is 521 g/mol. The number of hydrogen-bond donors (Lipinski definition) is 3. The second kappa shape index (κ2) is 12.5. The maximum atomic E-state index is 12.8. The third kappa shape index (κ3) is 6.67. The third-order valence-electron chi connectivity index (χ3n) is 6.99. The fourth-order valence-electron chi connectivity index (χ4n) is 4.90. The molecule has 2 aromatic heterocycles. The second-order valence-corrected chi connectivity index (χ2v) is 9.81. The first kappa shape index (κ1) is 27.1. The molecule has 0 spiro atoms. The summed E-state index contributed by atoms with van der Waals surface area (Å²) in [5, 5.41) is 23.8. The Bertz CT molecular complexity index is 1250. The molecule has 0 radical (unpaired) electrons. The lowest BCUT2D eigenvalue weighted by atomic mass is 9.87. The number of pyridine rings is 1. The minimum absolute atomic E-state index is 0.0721. The van der Waals surface area contributed by atoms with Crippen molar-refractivity contribution in [2.45, 2.75) is 71.1 Å². The summed E-state index contributed by atoms with van der Waals surface area (Å²) >= 11 is 0. The molecule has 38 heavy (non-hydrogen) atoms. The van der Waals surface area contributed by atoms with Crippen molar-refractivity contribution < 1.29 is 19.4 Å². The highest BCUT2D eigenvalue weighted by molar-refractivity contribution is 5.74. The number of ether oxygens (including phenoxy) is 1. The number of benzene rings is 1.